The van der Waals surface area contributed by atoms with E-state index < -0.39 is 0 Å². The average Bonchev–Trinajstić information content (AvgIpc) is 2.33. The van der Waals surface area contributed by atoms with Crippen LogP contribution in [0.1, 0.15) is 58.1 Å². The predicted molar refractivity (Wildman–Crippen MR) is 88.3 cm³/mol. The number of hydrogen-bond donors (Lipinski definition) is 0. The molecule has 2 rings (SSSR count). The minimum atomic E-state index is 0.255. The van der Waals surface area contributed by atoms with Crippen LogP contribution in [0.15, 0.2) is 24.3 Å². The first-order chi connectivity index (χ1) is 9.36. The van der Waals surface area contributed by atoms with Crippen molar-refractivity contribution < 1.29 is 0 Å². The summed E-state index contributed by atoms with van der Waals surface area (Å²) in [6, 6.07) is 9.86. The van der Waals surface area contributed by atoms with Crippen molar-refractivity contribution in [2.24, 2.45) is 5.92 Å². The fraction of sp³-hybridized carbons (Fsp3) is 0.684. The van der Waals surface area contributed by atoms with Gasteiger partial charge in [0.2, 0.25) is 0 Å². The van der Waals surface area contributed by atoms with Crippen molar-refractivity contribution >= 4 is 0 Å². The topological polar surface area (TPSA) is 3.24 Å². The number of nitrogens with zero attached hydrogens (tertiary/aromatic N) is 1. The molecule has 1 heteroatoms. The van der Waals surface area contributed by atoms with Crippen molar-refractivity contribution in [2.75, 3.05) is 13.6 Å². The highest BCUT2D eigenvalue weighted by atomic mass is 15.1. The van der Waals surface area contributed by atoms with E-state index in [4.69, 9.17) is 0 Å². The second-order valence-electron chi connectivity index (χ2n) is 7.74. The Kier molecular flexibility index (Phi) is 4.90. The first kappa shape index (κ1) is 15.6. The third kappa shape index (κ3) is 4.09. The summed E-state index contributed by atoms with van der Waals surface area (Å²) in [4.78, 5) is 2.54. The summed E-state index contributed by atoms with van der Waals surface area (Å²) in [5, 5.41) is 0. The largest absolute Gasteiger partial charge is 0.303 e. The van der Waals surface area contributed by atoms with Crippen molar-refractivity contribution in [1.29, 1.82) is 0 Å². The predicted octanol–water partition coefficient (Wildman–Crippen LogP) is 4.65. The van der Waals surface area contributed by atoms with Crippen LogP contribution in [0.4, 0.5) is 0 Å². The van der Waals surface area contributed by atoms with Crippen molar-refractivity contribution in [1.82, 2.24) is 4.90 Å². The lowest BCUT2D eigenvalue weighted by Gasteiger charge is -2.33. The minimum Gasteiger partial charge on any atom is -0.303 e. The molecule has 0 bridgehead atoms. The van der Waals surface area contributed by atoms with Crippen LogP contribution < -0.4 is 0 Å². The molecule has 20 heavy (non-hydrogen) atoms. The molecule has 112 valence electrons. The fourth-order valence-electron chi connectivity index (χ4n) is 2.90. The van der Waals surface area contributed by atoms with E-state index in [1.807, 2.05) is 0 Å². The van der Waals surface area contributed by atoms with Gasteiger partial charge in [-0.05, 0) is 55.7 Å². The van der Waals surface area contributed by atoms with Gasteiger partial charge in [-0.2, -0.15) is 0 Å². The monoisotopic (exact) mass is 273 g/mol. The molecule has 1 atom stereocenters. The number of benzene rings is 1. The molecule has 1 aliphatic rings. The highest BCUT2D eigenvalue weighted by Gasteiger charge is 2.21. The van der Waals surface area contributed by atoms with Gasteiger partial charge in [0.25, 0.3) is 0 Å². The Morgan fingerprint density at radius 1 is 1.15 bits per heavy atom. The summed E-state index contributed by atoms with van der Waals surface area (Å²) in [5.41, 5.74) is 3.15. The summed E-state index contributed by atoms with van der Waals surface area (Å²) < 4.78 is 0. The molecule has 0 aromatic heterocycles. The molecule has 1 aliphatic carbocycles. The molecule has 1 unspecified atom stereocenters. The molecule has 1 saturated carbocycles. The average molecular weight is 273 g/mol. The summed E-state index contributed by atoms with van der Waals surface area (Å²) in [6.07, 6.45) is 5.49. The van der Waals surface area contributed by atoms with Crippen LogP contribution in [-0.4, -0.2) is 24.5 Å². The first-order valence-electron chi connectivity index (χ1n) is 8.16. The van der Waals surface area contributed by atoms with Crippen molar-refractivity contribution in [3.63, 3.8) is 0 Å². The molecule has 0 saturated heterocycles. The number of rotatable bonds is 5. The van der Waals surface area contributed by atoms with Crippen LogP contribution in [0.2, 0.25) is 0 Å². The zero-order valence-corrected chi connectivity index (χ0v) is 13.9. The van der Waals surface area contributed by atoms with Crippen LogP contribution in [0, 0.1) is 5.92 Å². The molecule has 1 aromatic rings. The zero-order valence-electron chi connectivity index (χ0n) is 13.9. The molecule has 0 amide bonds. The Hall–Kier alpha value is -0.820. The second kappa shape index (κ2) is 6.30. The lowest BCUT2D eigenvalue weighted by Crippen LogP contribution is -2.36. The van der Waals surface area contributed by atoms with Gasteiger partial charge in [0, 0.05) is 12.6 Å². The van der Waals surface area contributed by atoms with Gasteiger partial charge in [-0.25, -0.2) is 0 Å². The fourth-order valence-corrected chi connectivity index (χ4v) is 2.90. The third-order valence-corrected chi connectivity index (χ3v) is 4.87. The van der Waals surface area contributed by atoms with Gasteiger partial charge in [0.1, 0.15) is 0 Å². The summed E-state index contributed by atoms with van der Waals surface area (Å²) in [6.45, 7) is 10.5. The van der Waals surface area contributed by atoms with Crippen LogP contribution >= 0.6 is 0 Å². The number of likely N-dealkylation sites (N-methyl/N-ethyl adjacent to an activating group) is 1. The molecule has 0 spiro atoms. The van der Waals surface area contributed by atoms with Crippen LogP contribution in [0.5, 0.6) is 0 Å². The van der Waals surface area contributed by atoms with Gasteiger partial charge in [0.05, 0.1) is 0 Å². The maximum absolute atomic E-state index is 2.54. The molecule has 0 N–H and O–H groups in total. The van der Waals surface area contributed by atoms with E-state index in [0.717, 1.165) is 12.3 Å². The van der Waals surface area contributed by atoms with Gasteiger partial charge in [-0.15, -0.1) is 0 Å². The van der Waals surface area contributed by atoms with E-state index in [2.05, 4.69) is 63.9 Å². The van der Waals surface area contributed by atoms with Gasteiger partial charge >= 0.3 is 0 Å². The zero-order chi connectivity index (χ0) is 14.8. The molecule has 0 heterocycles. The van der Waals surface area contributed by atoms with E-state index in [0.29, 0.717) is 6.04 Å². The van der Waals surface area contributed by atoms with Gasteiger partial charge < -0.3 is 4.90 Å². The molecule has 0 aliphatic heterocycles. The molecule has 1 aromatic carbocycles. The van der Waals surface area contributed by atoms with Crippen molar-refractivity contribution in [3.05, 3.63) is 35.4 Å². The number of hydrogen-bond acceptors (Lipinski definition) is 1. The lowest BCUT2D eigenvalue weighted by atomic mass is 9.84. The summed E-state index contributed by atoms with van der Waals surface area (Å²) >= 11 is 0. The quantitative estimate of drug-likeness (QED) is 0.755. The highest BCUT2D eigenvalue weighted by Crippen LogP contribution is 2.27. The van der Waals surface area contributed by atoms with Crippen molar-refractivity contribution in [2.45, 2.75) is 64.8 Å². The smallest absolute Gasteiger partial charge is 0.0104 e. The van der Waals surface area contributed by atoms with E-state index in [-0.39, 0.29) is 5.41 Å². The van der Waals surface area contributed by atoms with Crippen molar-refractivity contribution in [3.8, 4) is 0 Å². The van der Waals surface area contributed by atoms with Gasteiger partial charge in [0.15, 0.2) is 0 Å². The Bertz CT molecular complexity index is 408. The molecule has 1 nitrogen and oxygen atoms in total. The van der Waals surface area contributed by atoms with Gasteiger partial charge in [-0.3, -0.25) is 0 Å². The maximum Gasteiger partial charge on any atom is 0.0104 e. The molecular weight excluding hydrogens is 242 g/mol. The van der Waals surface area contributed by atoms with Crippen LogP contribution in [0.25, 0.3) is 0 Å². The van der Waals surface area contributed by atoms with Crippen LogP contribution in [-0.2, 0) is 11.8 Å². The first-order valence-corrected chi connectivity index (χ1v) is 8.16. The SMILES string of the molecule is CC(Cc1ccc(C(C)(C)C)cc1)N(C)CC1CCC1. The highest BCUT2D eigenvalue weighted by molar-refractivity contribution is 5.27. The van der Waals surface area contributed by atoms with E-state index >= 15 is 0 Å². The standard InChI is InChI=1S/C19H31N/c1-15(20(5)14-17-7-6-8-17)13-16-9-11-18(12-10-16)19(2,3)4/h9-12,15,17H,6-8,13-14H2,1-5H3. The lowest BCUT2D eigenvalue weighted by molar-refractivity contribution is 0.169. The Morgan fingerprint density at radius 2 is 1.75 bits per heavy atom. The van der Waals surface area contributed by atoms with E-state index in [1.54, 1.807) is 0 Å². The van der Waals surface area contributed by atoms with Crippen LogP contribution in [0.3, 0.4) is 0 Å². The minimum absolute atomic E-state index is 0.255. The molecule has 1 fully saturated rings. The van der Waals surface area contributed by atoms with E-state index in [9.17, 15) is 0 Å². The molecule has 0 radical (unpaired) electrons. The maximum atomic E-state index is 2.54. The van der Waals surface area contributed by atoms with E-state index in [1.165, 1.54) is 36.9 Å². The summed E-state index contributed by atoms with van der Waals surface area (Å²) in [5.74, 6) is 0.964. The summed E-state index contributed by atoms with van der Waals surface area (Å²) in [7, 11) is 2.28. The third-order valence-electron chi connectivity index (χ3n) is 4.87. The Labute approximate surface area is 125 Å². The molecular formula is C19H31N. The Morgan fingerprint density at radius 3 is 2.20 bits per heavy atom. The normalized spacial score (nSPS) is 18.1. The Balaban J connectivity index is 1.88. The van der Waals surface area contributed by atoms with Gasteiger partial charge in [-0.1, -0.05) is 51.5 Å². The second-order valence-corrected chi connectivity index (χ2v) is 7.74.